The summed E-state index contributed by atoms with van der Waals surface area (Å²) < 4.78 is 12.1. The number of aromatic nitrogens is 1. The van der Waals surface area contributed by atoms with Gasteiger partial charge < -0.3 is 19.7 Å². The molecule has 200 valence electrons. The number of aliphatic hydroxyl groups excluding tert-OH is 1. The van der Waals surface area contributed by atoms with E-state index >= 15 is 0 Å². The average Bonchev–Trinajstić information content (AvgIpc) is 3.46. The van der Waals surface area contributed by atoms with E-state index in [2.05, 4.69) is 4.98 Å². The summed E-state index contributed by atoms with van der Waals surface area (Å²) in [6.07, 6.45) is 0.854. The zero-order valence-electron chi connectivity index (χ0n) is 21.8. The fraction of sp³-hybridized carbons (Fsp3) is 0.233. The standard InChI is InChI=1S/C30H28N2O6S/c1-4-14-38-20-10-7-18(8-11-20)27(34)25-26(19-9-13-22(33)23(16-19)37-5-2)32(29(36)28(25)35)30-31-21-12-6-17(3)15-24(21)39-30/h6-13,15-16,26,33-34H,4-5,14H2,1-3H3/b27-25+. The van der Waals surface area contributed by atoms with E-state index in [0.29, 0.717) is 40.7 Å². The molecule has 3 aromatic carbocycles. The van der Waals surface area contributed by atoms with Crippen molar-refractivity contribution in [2.75, 3.05) is 18.1 Å². The van der Waals surface area contributed by atoms with E-state index < -0.39 is 17.7 Å². The van der Waals surface area contributed by atoms with E-state index in [-0.39, 0.29) is 22.8 Å². The van der Waals surface area contributed by atoms with Gasteiger partial charge in [-0.15, -0.1) is 0 Å². The SMILES string of the molecule is CCCOc1ccc(/C(O)=C2\C(=O)C(=O)N(c3nc4ccc(C)cc4s3)C2c2ccc(O)c(OCC)c2)cc1. The second-order valence-corrected chi connectivity index (χ2v) is 10.2. The van der Waals surface area contributed by atoms with Crippen LogP contribution in [0.2, 0.25) is 0 Å². The third-order valence-electron chi connectivity index (χ3n) is 6.38. The summed E-state index contributed by atoms with van der Waals surface area (Å²) in [6, 6.07) is 16.1. The van der Waals surface area contributed by atoms with Crippen LogP contribution in [-0.2, 0) is 9.59 Å². The molecule has 0 spiro atoms. The highest BCUT2D eigenvalue weighted by molar-refractivity contribution is 7.22. The van der Waals surface area contributed by atoms with E-state index in [1.165, 1.54) is 22.3 Å². The third-order valence-corrected chi connectivity index (χ3v) is 7.40. The molecule has 4 aromatic rings. The van der Waals surface area contributed by atoms with Gasteiger partial charge in [0.1, 0.15) is 11.5 Å². The van der Waals surface area contributed by atoms with Crippen LogP contribution in [0.3, 0.4) is 0 Å². The molecular formula is C30H28N2O6S. The quantitative estimate of drug-likeness (QED) is 0.156. The molecule has 2 heterocycles. The van der Waals surface area contributed by atoms with Crippen LogP contribution in [0.15, 0.2) is 66.2 Å². The lowest BCUT2D eigenvalue weighted by molar-refractivity contribution is -0.132. The minimum absolute atomic E-state index is 0.0734. The number of aryl methyl sites for hydroxylation is 1. The molecule has 1 aliphatic rings. The summed E-state index contributed by atoms with van der Waals surface area (Å²) in [4.78, 5) is 33.0. The molecule has 0 saturated carbocycles. The lowest BCUT2D eigenvalue weighted by Crippen LogP contribution is -2.29. The number of thiazole rings is 1. The maximum Gasteiger partial charge on any atom is 0.301 e. The number of benzene rings is 3. The summed E-state index contributed by atoms with van der Waals surface area (Å²) in [5.41, 5.74) is 2.51. The summed E-state index contributed by atoms with van der Waals surface area (Å²) in [6.45, 7) is 6.62. The van der Waals surface area contributed by atoms with Crippen LogP contribution in [-0.4, -0.2) is 40.1 Å². The molecule has 1 aliphatic heterocycles. The van der Waals surface area contributed by atoms with Crippen LogP contribution < -0.4 is 14.4 Å². The summed E-state index contributed by atoms with van der Waals surface area (Å²) >= 11 is 1.29. The molecule has 1 saturated heterocycles. The molecule has 1 amide bonds. The number of aromatic hydroxyl groups is 1. The Balaban J connectivity index is 1.67. The number of carbonyl (C=O) groups excluding carboxylic acids is 2. The number of hydrogen-bond acceptors (Lipinski definition) is 8. The number of phenols is 1. The van der Waals surface area contributed by atoms with E-state index in [4.69, 9.17) is 9.47 Å². The van der Waals surface area contributed by atoms with Gasteiger partial charge in [-0.05, 0) is 79.9 Å². The van der Waals surface area contributed by atoms with E-state index in [1.54, 1.807) is 43.3 Å². The number of nitrogens with zero attached hydrogens (tertiary/aromatic N) is 2. The number of carbonyl (C=O) groups is 2. The molecule has 39 heavy (non-hydrogen) atoms. The second kappa shape index (κ2) is 10.8. The minimum atomic E-state index is -0.998. The number of ketones is 1. The Bertz CT molecular complexity index is 1590. The van der Waals surface area contributed by atoms with Crippen molar-refractivity contribution in [3.8, 4) is 17.2 Å². The number of anilines is 1. The maximum absolute atomic E-state index is 13.5. The van der Waals surface area contributed by atoms with Crippen molar-refractivity contribution < 1.29 is 29.3 Å². The first-order chi connectivity index (χ1) is 18.8. The number of hydrogen-bond donors (Lipinski definition) is 2. The number of aliphatic hydroxyl groups is 1. The number of ether oxygens (including phenoxy) is 2. The smallest absolute Gasteiger partial charge is 0.301 e. The average molecular weight is 545 g/mol. The molecule has 5 rings (SSSR count). The highest BCUT2D eigenvalue weighted by atomic mass is 32.1. The van der Waals surface area contributed by atoms with Crippen LogP contribution in [0.1, 0.15) is 43.0 Å². The molecule has 1 atom stereocenters. The second-order valence-electron chi connectivity index (χ2n) is 9.17. The largest absolute Gasteiger partial charge is 0.507 e. The van der Waals surface area contributed by atoms with Gasteiger partial charge in [0.15, 0.2) is 16.6 Å². The van der Waals surface area contributed by atoms with Gasteiger partial charge in [-0.25, -0.2) is 4.98 Å². The number of rotatable bonds is 8. The monoisotopic (exact) mass is 544 g/mol. The summed E-state index contributed by atoms with van der Waals surface area (Å²) in [5, 5.41) is 22.0. The molecule has 8 nitrogen and oxygen atoms in total. The third kappa shape index (κ3) is 4.93. The lowest BCUT2D eigenvalue weighted by atomic mass is 9.95. The van der Waals surface area contributed by atoms with Crippen LogP contribution >= 0.6 is 11.3 Å². The molecule has 1 unspecified atom stereocenters. The Kier molecular flexibility index (Phi) is 7.26. The van der Waals surface area contributed by atoms with Crippen molar-refractivity contribution in [1.29, 1.82) is 0 Å². The molecule has 2 N–H and O–H groups in total. The maximum atomic E-state index is 13.5. The molecule has 1 fully saturated rings. The number of Topliss-reactive ketones (excluding diaryl/α,β-unsaturated/α-hetero) is 1. The van der Waals surface area contributed by atoms with Crippen molar-refractivity contribution in [1.82, 2.24) is 4.98 Å². The van der Waals surface area contributed by atoms with Crippen LogP contribution in [0.5, 0.6) is 17.2 Å². The number of amides is 1. The molecular weight excluding hydrogens is 516 g/mol. The van der Waals surface area contributed by atoms with Gasteiger partial charge in [0.25, 0.3) is 5.78 Å². The van der Waals surface area contributed by atoms with Gasteiger partial charge in [-0.1, -0.05) is 30.4 Å². The Morgan fingerprint density at radius 2 is 1.79 bits per heavy atom. The molecule has 0 radical (unpaired) electrons. The van der Waals surface area contributed by atoms with Gasteiger partial charge in [0.2, 0.25) is 0 Å². The number of phenolic OH excluding ortho intramolecular Hbond substituents is 1. The predicted molar refractivity (Wildman–Crippen MR) is 151 cm³/mol. The van der Waals surface area contributed by atoms with Crippen molar-refractivity contribution in [3.63, 3.8) is 0 Å². The van der Waals surface area contributed by atoms with Gasteiger partial charge in [-0.3, -0.25) is 14.5 Å². The highest BCUT2D eigenvalue weighted by Gasteiger charge is 2.48. The van der Waals surface area contributed by atoms with E-state index in [0.717, 1.165) is 16.7 Å². The van der Waals surface area contributed by atoms with Crippen LogP contribution in [0.4, 0.5) is 5.13 Å². The first kappa shape index (κ1) is 26.2. The Morgan fingerprint density at radius 1 is 1.03 bits per heavy atom. The van der Waals surface area contributed by atoms with Gasteiger partial charge in [0, 0.05) is 5.56 Å². The molecule has 0 bridgehead atoms. The van der Waals surface area contributed by atoms with E-state index in [1.807, 2.05) is 32.0 Å². The van der Waals surface area contributed by atoms with Gasteiger partial charge >= 0.3 is 5.91 Å². The van der Waals surface area contributed by atoms with Gasteiger partial charge in [-0.2, -0.15) is 0 Å². The molecule has 9 heteroatoms. The Hall–Kier alpha value is -4.37. The zero-order chi connectivity index (χ0) is 27.7. The van der Waals surface area contributed by atoms with Gasteiger partial charge in [0.05, 0.1) is 35.0 Å². The molecule has 0 aliphatic carbocycles. The number of fused-ring (bicyclic) bond motifs is 1. The van der Waals surface area contributed by atoms with Crippen molar-refractivity contribution >= 4 is 44.1 Å². The zero-order valence-corrected chi connectivity index (χ0v) is 22.6. The first-order valence-electron chi connectivity index (χ1n) is 12.7. The summed E-state index contributed by atoms with van der Waals surface area (Å²) in [5.74, 6) is -1.17. The van der Waals surface area contributed by atoms with Crippen molar-refractivity contribution in [3.05, 3.63) is 82.9 Å². The highest BCUT2D eigenvalue weighted by Crippen LogP contribution is 2.45. The molecule has 1 aromatic heterocycles. The Labute approximate surface area is 229 Å². The van der Waals surface area contributed by atoms with Crippen LogP contribution in [0, 0.1) is 6.92 Å². The lowest BCUT2D eigenvalue weighted by Gasteiger charge is -2.23. The summed E-state index contributed by atoms with van der Waals surface area (Å²) in [7, 11) is 0. The van der Waals surface area contributed by atoms with Crippen LogP contribution in [0.25, 0.3) is 16.0 Å². The fourth-order valence-electron chi connectivity index (χ4n) is 4.52. The minimum Gasteiger partial charge on any atom is -0.507 e. The Morgan fingerprint density at radius 3 is 2.51 bits per heavy atom. The predicted octanol–water partition coefficient (Wildman–Crippen LogP) is 6.12. The topological polar surface area (TPSA) is 109 Å². The fourth-order valence-corrected chi connectivity index (χ4v) is 5.61. The first-order valence-corrected chi connectivity index (χ1v) is 13.5. The normalized spacial score (nSPS) is 16.7. The van der Waals surface area contributed by atoms with Crippen molar-refractivity contribution in [2.45, 2.75) is 33.2 Å². The van der Waals surface area contributed by atoms with Crippen molar-refractivity contribution in [2.24, 2.45) is 0 Å². The van der Waals surface area contributed by atoms with E-state index in [9.17, 15) is 19.8 Å².